The molecule has 0 bridgehead atoms. The zero-order chi connectivity index (χ0) is 15.5. The molecule has 1 unspecified atom stereocenters. The maximum atomic E-state index is 12.5. The van der Waals surface area contributed by atoms with E-state index in [4.69, 9.17) is 0 Å². The minimum absolute atomic E-state index is 0.0252. The van der Waals surface area contributed by atoms with E-state index in [0.717, 1.165) is 43.3 Å². The van der Waals surface area contributed by atoms with Gasteiger partial charge in [-0.1, -0.05) is 11.8 Å². The van der Waals surface area contributed by atoms with E-state index in [1.165, 1.54) is 0 Å². The fourth-order valence-electron chi connectivity index (χ4n) is 2.25. The molecular weight excluding hydrogens is 303 g/mol. The molecule has 2 heterocycles. The van der Waals surface area contributed by atoms with Crippen molar-refractivity contribution in [1.82, 2.24) is 14.9 Å². The number of thioether (sulfide) groups is 1. The van der Waals surface area contributed by atoms with E-state index in [-0.39, 0.29) is 22.9 Å². The monoisotopic (exact) mass is 319 g/mol. The first-order chi connectivity index (χ1) is 9.88. The average Bonchev–Trinajstić information content (AvgIpc) is 2.45. The summed E-state index contributed by atoms with van der Waals surface area (Å²) in [5, 5.41) is -0.0252. The maximum absolute atomic E-state index is 12.5. The Morgan fingerprint density at radius 1 is 1.48 bits per heavy atom. The second-order valence-corrected chi connectivity index (χ2v) is 5.89. The van der Waals surface area contributed by atoms with Gasteiger partial charge in [0.25, 0.3) is 0 Å². The SMILES string of the molecule is CC1CCCCN1C(=O)CSc1nccc(C(F)(F)F)n1. The molecule has 1 aromatic rings. The van der Waals surface area contributed by atoms with Crippen molar-refractivity contribution in [2.75, 3.05) is 12.3 Å². The Kier molecular flexibility index (Phi) is 5.08. The van der Waals surface area contributed by atoms with Crippen molar-refractivity contribution in [3.8, 4) is 0 Å². The second kappa shape index (κ2) is 6.64. The van der Waals surface area contributed by atoms with Gasteiger partial charge in [-0.25, -0.2) is 9.97 Å². The van der Waals surface area contributed by atoms with Crippen molar-refractivity contribution < 1.29 is 18.0 Å². The molecule has 4 nitrogen and oxygen atoms in total. The third-order valence-corrected chi connectivity index (χ3v) is 4.22. The number of likely N-dealkylation sites (tertiary alicyclic amines) is 1. The van der Waals surface area contributed by atoms with E-state index >= 15 is 0 Å². The molecule has 1 saturated heterocycles. The average molecular weight is 319 g/mol. The van der Waals surface area contributed by atoms with Crippen molar-refractivity contribution >= 4 is 17.7 Å². The summed E-state index contributed by atoms with van der Waals surface area (Å²) in [5.74, 6) is -0.0146. The van der Waals surface area contributed by atoms with Gasteiger partial charge >= 0.3 is 6.18 Å². The number of nitrogens with zero attached hydrogens (tertiary/aromatic N) is 3. The highest BCUT2D eigenvalue weighted by molar-refractivity contribution is 7.99. The van der Waals surface area contributed by atoms with E-state index in [1.807, 2.05) is 6.92 Å². The van der Waals surface area contributed by atoms with Gasteiger partial charge in [0, 0.05) is 18.8 Å². The van der Waals surface area contributed by atoms with Gasteiger partial charge in [-0.2, -0.15) is 13.2 Å². The van der Waals surface area contributed by atoms with Gasteiger partial charge in [0.2, 0.25) is 5.91 Å². The summed E-state index contributed by atoms with van der Waals surface area (Å²) in [6, 6.07) is 1.01. The molecule has 0 spiro atoms. The highest BCUT2D eigenvalue weighted by Gasteiger charge is 2.33. The summed E-state index contributed by atoms with van der Waals surface area (Å²) in [6.07, 6.45) is -0.387. The van der Waals surface area contributed by atoms with Gasteiger partial charge in [-0.05, 0) is 32.3 Å². The fourth-order valence-corrected chi connectivity index (χ4v) is 2.96. The van der Waals surface area contributed by atoms with Gasteiger partial charge in [0.1, 0.15) is 5.69 Å². The first-order valence-electron chi connectivity index (χ1n) is 6.70. The number of hydrogen-bond acceptors (Lipinski definition) is 4. The lowest BCUT2D eigenvalue weighted by Crippen LogP contribution is -2.42. The molecule has 0 aliphatic carbocycles. The molecule has 0 aromatic carbocycles. The van der Waals surface area contributed by atoms with Gasteiger partial charge < -0.3 is 4.90 Å². The minimum Gasteiger partial charge on any atom is -0.339 e. The molecule has 2 rings (SSSR count). The minimum atomic E-state index is -4.50. The van der Waals surface area contributed by atoms with Crippen molar-refractivity contribution in [3.05, 3.63) is 18.0 Å². The predicted octanol–water partition coefficient (Wildman–Crippen LogP) is 2.99. The van der Waals surface area contributed by atoms with Crippen molar-refractivity contribution in [1.29, 1.82) is 0 Å². The molecule has 0 saturated carbocycles. The Labute approximate surface area is 125 Å². The molecule has 1 aromatic heterocycles. The van der Waals surface area contributed by atoms with Gasteiger partial charge in [-0.15, -0.1) is 0 Å². The van der Waals surface area contributed by atoms with Crippen LogP contribution in [0.25, 0.3) is 0 Å². The third-order valence-electron chi connectivity index (χ3n) is 3.37. The number of hydrogen-bond donors (Lipinski definition) is 0. The van der Waals surface area contributed by atoms with Crippen molar-refractivity contribution in [2.45, 2.75) is 43.6 Å². The van der Waals surface area contributed by atoms with Crippen LogP contribution in [-0.2, 0) is 11.0 Å². The Morgan fingerprint density at radius 3 is 2.90 bits per heavy atom. The molecule has 1 aliphatic heterocycles. The number of carbonyl (C=O) groups is 1. The Hall–Kier alpha value is -1.31. The van der Waals surface area contributed by atoms with E-state index in [9.17, 15) is 18.0 Å². The lowest BCUT2D eigenvalue weighted by molar-refractivity contribution is -0.141. The lowest BCUT2D eigenvalue weighted by Gasteiger charge is -2.33. The highest BCUT2D eigenvalue weighted by Crippen LogP contribution is 2.28. The van der Waals surface area contributed by atoms with E-state index < -0.39 is 11.9 Å². The van der Waals surface area contributed by atoms with E-state index in [0.29, 0.717) is 6.54 Å². The van der Waals surface area contributed by atoms with Crippen LogP contribution in [0, 0.1) is 0 Å². The van der Waals surface area contributed by atoms with Crippen LogP contribution in [0.4, 0.5) is 13.2 Å². The standard InChI is InChI=1S/C13H16F3N3OS/c1-9-4-2-3-7-19(9)11(20)8-21-12-17-6-5-10(18-12)13(14,15)16/h5-6,9H,2-4,7-8H2,1H3. The molecule has 1 fully saturated rings. The summed E-state index contributed by atoms with van der Waals surface area (Å²) in [5.41, 5.74) is -0.987. The predicted molar refractivity (Wildman–Crippen MR) is 72.8 cm³/mol. The number of carbonyl (C=O) groups excluding carboxylic acids is 1. The van der Waals surface area contributed by atoms with Crippen molar-refractivity contribution in [2.24, 2.45) is 0 Å². The lowest BCUT2D eigenvalue weighted by atomic mass is 10.0. The summed E-state index contributed by atoms with van der Waals surface area (Å²) < 4.78 is 37.6. The summed E-state index contributed by atoms with van der Waals surface area (Å²) in [6.45, 7) is 2.70. The topological polar surface area (TPSA) is 46.1 Å². The zero-order valence-electron chi connectivity index (χ0n) is 11.6. The normalized spacial score (nSPS) is 19.6. The molecule has 21 heavy (non-hydrogen) atoms. The number of piperidine rings is 1. The van der Waals surface area contributed by atoms with E-state index in [1.54, 1.807) is 4.90 Å². The third kappa shape index (κ3) is 4.33. The van der Waals surface area contributed by atoms with Crippen LogP contribution < -0.4 is 0 Å². The van der Waals surface area contributed by atoms with Crippen LogP contribution in [0.3, 0.4) is 0 Å². The van der Waals surface area contributed by atoms with Gasteiger partial charge in [0.15, 0.2) is 5.16 Å². The van der Waals surface area contributed by atoms with Gasteiger partial charge in [-0.3, -0.25) is 4.79 Å². The number of aromatic nitrogens is 2. The molecule has 1 aliphatic rings. The second-order valence-electron chi connectivity index (χ2n) is 4.94. The maximum Gasteiger partial charge on any atom is 0.433 e. The zero-order valence-corrected chi connectivity index (χ0v) is 12.4. The quantitative estimate of drug-likeness (QED) is 0.635. The van der Waals surface area contributed by atoms with Crippen LogP contribution in [0.2, 0.25) is 0 Å². The molecule has 0 N–H and O–H groups in total. The summed E-state index contributed by atoms with van der Waals surface area (Å²) >= 11 is 0.941. The number of rotatable bonds is 3. The van der Waals surface area contributed by atoms with Crippen LogP contribution in [0.15, 0.2) is 17.4 Å². The van der Waals surface area contributed by atoms with E-state index in [2.05, 4.69) is 9.97 Å². The summed E-state index contributed by atoms with van der Waals surface area (Å²) in [7, 11) is 0. The molecule has 116 valence electrons. The highest BCUT2D eigenvalue weighted by atomic mass is 32.2. The van der Waals surface area contributed by atoms with Gasteiger partial charge in [0.05, 0.1) is 5.75 Å². The number of amides is 1. The molecule has 1 atom stereocenters. The number of alkyl halides is 3. The van der Waals surface area contributed by atoms with Crippen LogP contribution >= 0.6 is 11.8 Å². The summed E-state index contributed by atoms with van der Waals surface area (Å²) in [4.78, 5) is 21.1. The Bertz CT molecular complexity index is 510. The van der Waals surface area contributed by atoms with Crippen LogP contribution in [-0.4, -0.2) is 39.1 Å². The molecule has 1 amide bonds. The fraction of sp³-hybridized carbons (Fsp3) is 0.615. The number of halogens is 3. The molecule has 8 heteroatoms. The van der Waals surface area contributed by atoms with Crippen LogP contribution in [0.5, 0.6) is 0 Å². The Morgan fingerprint density at radius 2 is 2.24 bits per heavy atom. The molecule has 0 radical (unpaired) electrons. The first kappa shape index (κ1) is 16.1. The largest absolute Gasteiger partial charge is 0.433 e. The van der Waals surface area contributed by atoms with Crippen LogP contribution in [0.1, 0.15) is 31.9 Å². The smallest absolute Gasteiger partial charge is 0.339 e. The first-order valence-corrected chi connectivity index (χ1v) is 7.69. The Balaban J connectivity index is 1.95. The van der Waals surface area contributed by atoms with Crippen molar-refractivity contribution in [3.63, 3.8) is 0 Å². The molecular formula is C13H16F3N3OS.